The van der Waals surface area contributed by atoms with Gasteiger partial charge in [0.2, 0.25) is 0 Å². The van der Waals surface area contributed by atoms with Crippen LogP contribution in [0.15, 0.2) is 42.7 Å². The van der Waals surface area contributed by atoms with Gasteiger partial charge in [0.1, 0.15) is 11.6 Å². The first-order chi connectivity index (χ1) is 8.86. The summed E-state index contributed by atoms with van der Waals surface area (Å²) in [6, 6.07) is 9.00. The molecule has 0 aliphatic rings. The van der Waals surface area contributed by atoms with E-state index in [1.807, 2.05) is 18.2 Å². The number of aromatic amines is 1. The molecule has 2 aromatic heterocycles. The maximum atomic E-state index is 10.3. The van der Waals surface area contributed by atoms with Gasteiger partial charge in [0.15, 0.2) is 0 Å². The monoisotopic (exact) mass is 239 g/mol. The molecular weight excluding hydrogens is 230 g/mol. The quantitative estimate of drug-likeness (QED) is 0.711. The molecule has 0 fully saturated rings. The van der Waals surface area contributed by atoms with Gasteiger partial charge in [-0.25, -0.2) is 4.98 Å². The fourth-order valence-corrected chi connectivity index (χ4v) is 1.76. The van der Waals surface area contributed by atoms with Gasteiger partial charge in [-0.15, -0.1) is 0 Å². The number of pyridine rings is 1. The Labute approximate surface area is 102 Å². The van der Waals surface area contributed by atoms with Gasteiger partial charge in [-0.1, -0.05) is 0 Å². The molecule has 0 spiro atoms. The molecule has 3 aromatic rings. The number of H-pyrrole nitrogens is 1. The number of aromatic nitrogens is 3. The van der Waals surface area contributed by atoms with Crippen molar-refractivity contribution in [3.63, 3.8) is 0 Å². The van der Waals surface area contributed by atoms with Gasteiger partial charge >= 0.3 is 0 Å². The third kappa shape index (κ3) is 1.82. The molecule has 1 aromatic carbocycles. The van der Waals surface area contributed by atoms with Crippen molar-refractivity contribution in [1.82, 2.24) is 15.0 Å². The second-order valence-corrected chi connectivity index (χ2v) is 3.71. The summed E-state index contributed by atoms with van der Waals surface area (Å²) >= 11 is 0. The van der Waals surface area contributed by atoms with Crippen LogP contribution in [0.25, 0.3) is 22.4 Å². The van der Waals surface area contributed by atoms with Gasteiger partial charge < -0.3 is 9.72 Å². The molecule has 0 saturated heterocycles. The van der Waals surface area contributed by atoms with Crippen molar-refractivity contribution in [3.05, 3.63) is 42.7 Å². The number of hydrogen-bond donors (Lipinski definition) is 1. The topological polar surface area (TPSA) is 67.9 Å². The van der Waals surface area contributed by atoms with Crippen molar-refractivity contribution < 1.29 is 9.53 Å². The van der Waals surface area contributed by atoms with E-state index in [-0.39, 0.29) is 0 Å². The van der Waals surface area contributed by atoms with E-state index < -0.39 is 0 Å². The molecule has 18 heavy (non-hydrogen) atoms. The minimum absolute atomic E-state index is 0.400. The summed E-state index contributed by atoms with van der Waals surface area (Å²) in [4.78, 5) is 21.9. The fraction of sp³-hybridized carbons (Fsp3) is 0. The fourth-order valence-electron chi connectivity index (χ4n) is 1.76. The normalized spacial score (nSPS) is 10.4. The van der Waals surface area contributed by atoms with Crippen LogP contribution in [0.5, 0.6) is 5.75 Å². The summed E-state index contributed by atoms with van der Waals surface area (Å²) < 4.78 is 4.78. The van der Waals surface area contributed by atoms with E-state index in [0.29, 0.717) is 12.2 Å². The van der Waals surface area contributed by atoms with Crippen LogP contribution < -0.4 is 4.74 Å². The Morgan fingerprint density at radius 2 is 2.00 bits per heavy atom. The zero-order chi connectivity index (χ0) is 12.4. The predicted octanol–water partition coefficient (Wildman–Crippen LogP) is 2.16. The average molecular weight is 239 g/mol. The van der Waals surface area contributed by atoms with E-state index in [2.05, 4.69) is 15.0 Å². The number of nitrogens with zero attached hydrogens (tertiary/aromatic N) is 2. The standard InChI is InChI=1S/C13H9N3O2/c17-8-18-10-1-2-11-12(7-10)16-13(15-11)9-3-5-14-6-4-9/h1-8H,(H,15,16). The molecular formula is C13H9N3O2. The van der Waals surface area contributed by atoms with Crippen LogP contribution in [0.4, 0.5) is 0 Å². The highest BCUT2D eigenvalue weighted by Crippen LogP contribution is 2.23. The van der Waals surface area contributed by atoms with Crippen LogP contribution in [0.3, 0.4) is 0 Å². The van der Waals surface area contributed by atoms with Gasteiger partial charge in [0.05, 0.1) is 11.0 Å². The zero-order valence-corrected chi connectivity index (χ0v) is 9.33. The third-order valence-electron chi connectivity index (χ3n) is 2.59. The van der Waals surface area contributed by atoms with Crippen molar-refractivity contribution in [2.45, 2.75) is 0 Å². The smallest absolute Gasteiger partial charge is 0.298 e. The molecule has 3 rings (SSSR count). The van der Waals surface area contributed by atoms with Gasteiger partial charge in [-0.3, -0.25) is 9.78 Å². The Bertz CT molecular complexity index is 692. The predicted molar refractivity (Wildman–Crippen MR) is 66.0 cm³/mol. The van der Waals surface area contributed by atoms with Gasteiger partial charge in [-0.05, 0) is 24.3 Å². The Balaban J connectivity index is 2.08. The average Bonchev–Trinajstić information content (AvgIpc) is 2.83. The first-order valence-electron chi connectivity index (χ1n) is 5.37. The number of rotatable bonds is 3. The summed E-state index contributed by atoms with van der Waals surface area (Å²) in [5.74, 6) is 1.24. The highest BCUT2D eigenvalue weighted by atomic mass is 16.5. The van der Waals surface area contributed by atoms with E-state index in [9.17, 15) is 4.79 Å². The number of benzene rings is 1. The van der Waals surface area contributed by atoms with Crippen molar-refractivity contribution in [2.24, 2.45) is 0 Å². The molecule has 0 atom stereocenters. The molecule has 5 nitrogen and oxygen atoms in total. The first kappa shape index (κ1) is 10.5. The number of imidazole rings is 1. The lowest BCUT2D eigenvalue weighted by atomic mass is 10.3. The van der Waals surface area contributed by atoms with E-state index in [1.165, 1.54) is 0 Å². The highest BCUT2D eigenvalue weighted by Gasteiger charge is 2.06. The Morgan fingerprint density at radius 1 is 1.17 bits per heavy atom. The Morgan fingerprint density at radius 3 is 2.78 bits per heavy atom. The maximum absolute atomic E-state index is 10.3. The van der Waals surface area contributed by atoms with E-state index in [1.54, 1.807) is 24.5 Å². The van der Waals surface area contributed by atoms with E-state index in [4.69, 9.17) is 4.74 Å². The lowest BCUT2D eigenvalue weighted by Crippen LogP contribution is -1.87. The third-order valence-corrected chi connectivity index (χ3v) is 2.59. The van der Waals surface area contributed by atoms with Crippen LogP contribution >= 0.6 is 0 Å². The van der Waals surface area contributed by atoms with Crippen LogP contribution in [0.1, 0.15) is 0 Å². The molecule has 1 N–H and O–H groups in total. The largest absolute Gasteiger partial charge is 0.429 e. The van der Waals surface area contributed by atoms with Crippen molar-refractivity contribution in [1.29, 1.82) is 0 Å². The molecule has 0 aliphatic carbocycles. The van der Waals surface area contributed by atoms with Crippen molar-refractivity contribution >= 4 is 17.5 Å². The molecule has 5 heteroatoms. The van der Waals surface area contributed by atoms with Crippen LogP contribution in [0.2, 0.25) is 0 Å². The summed E-state index contributed by atoms with van der Waals surface area (Å²) in [6.45, 7) is 0.400. The van der Waals surface area contributed by atoms with Gasteiger partial charge in [0.25, 0.3) is 6.47 Å². The molecule has 2 heterocycles. The number of hydrogen-bond acceptors (Lipinski definition) is 4. The van der Waals surface area contributed by atoms with Crippen LogP contribution in [0, 0.1) is 0 Å². The van der Waals surface area contributed by atoms with Gasteiger partial charge in [0, 0.05) is 24.0 Å². The lowest BCUT2D eigenvalue weighted by Gasteiger charge is -1.95. The number of ether oxygens (including phenoxy) is 1. The SMILES string of the molecule is O=COc1ccc2[nH]c(-c3ccncc3)nc2c1. The van der Waals surface area contributed by atoms with E-state index >= 15 is 0 Å². The number of fused-ring (bicyclic) bond motifs is 1. The molecule has 0 aliphatic heterocycles. The molecule has 0 radical (unpaired) electrons. The highest BCUT2D eigenvalue weighted by molar-refractivity contribution is 5.80. The van der Waals surface area contributed by atoms with Crippen molar-refractivity contribution in [3.8, 4) is 17.1 Å². The molecule has 0 amide bonds. The Hall–Kier alpha value is -2.69. The van der Waals surface area contributed by atoms with E-state index in [0.717, 1.165) is 22.4 Å². The second-order valence-electron chi connectivity index (χ2n) is 3.71. The minimum Gasteiger partial charge on any atom is -0.429 e. The number of carbonyl (C=O) groups excluding carboxylic acids is 1. The molecule has 0 unspecified atom stereocenters. The summed E-state index contributed by atoms with van der Waals surface area (Å²) in [7, 11) is 0. The summed E-state index contributed by atoms with van der Waals surface area (Å²) in [5.41, 5.74) is 2.60. The molecule has 88 valence electrons. The minimum atomic E-state index is 0.400. The summed E-state index contributed by atoms with van der Waals surface area (Å²) in [6.07, 6.45) is 3.42. The lowest BCUT2D eigenvalue weighted by molar-refractivity contribution is -0.120. The molecule has 0 saturated carbocycles. The number of nitrogens with one attached hydrogen (secondary N) is 1. The summed E-state index contributed by atoms with van der Waals surface area (Å²) in [5, 5.41) is 0. The van der Waals surface area contributed by atoms with Crippen LogP contribution in [-0.4, -0.2) is 21.4 Å². The maximum Gasteiger partial charge on any atom is 0.298 e. The zero-order valence-electron chi connectivity index (χ0n) is 9.33. The second kappa shape index (κ2) is 4.29. The van der Waals surface area contributed by atoms with Crippen LogP contribution in [-0.2, 0) is 4.79 Å². The first-order valence-corrected chi connectivity index (χ1v) is 5.37. The number of carbonyl (C=O) groups is 1. The molecule has 0 bridgehead atoms. The Kier molecular flexibility index (Phi) is 2.49. The van der Waals surface area contributed by atoms with Crippen molar-refractivity contribution in [2.75, 3.05) is 0 Å². The van der Waals surface area contributed by atoms with Gasteiger partial charge in [-0.2, -0.15) is 0 Å².